The second-order valence-corrected chi connectivity index (χ2v) is 4.17. The van der Waals surface area contributed by atoms with E-state index in [1.807, 2.05) is 36.2 Å². The van der Waals surface area contributed by atoms with Crippen molar-refractivity contribution in [3.8, 4) is 0 Å². The van der Waals surface area contributed by atoms with Gasteiger partial charge in [-0.25, -0.2) is 9.97 Å². The number of rotatable bonds is 0. The summed E-state index contributed by atoms with van der Waals surface area (Å²) in [5, 5.41) is 0. The zero-order valence-corrected chi connectivity index (χ0v) is 10.2. The minimum absolute atomic E-state index is 0.0950. The second-order valence-electron chi connectivity index (χ2n) is 4.17. The van der Waals surface area contributed by atoms with Gasteiger partial charge in [0, 0.05) is 20.3 Å². The minimum Gasteiger partial charge on any atom is -0.327 e. The lowest BCUT2D eigenvalue weighted by atomic mass is 10.2. The predicted octanol–water partition coefficient (Wildman–Crippen LogP) is 1.83. The number of benzene rings is 1. The van der Waals surface area contributed by atoms with E-state index in [4.69, 9.17) is 0 Å². The van der Waals surface area contributed by atoms with Gasteiger partial charge in [-0.3, -0.25) is 4.79 Å². The average molecular weight is 240 g/mol. The van der Waals surface area contributed by atoms with Crippen molar-refractivity contribution in [3.63, 3.8) is 0 Å². The van der Waals surface area contributed by atoms with Crippen molar-refractivity contribution in [2.45, 2.75) is 0 Å². The van der Waals surface area contributed by atoms with Crippen LogP contribution in [0.15, 0.2) is 36.8 Å². The van der Waals surface area contributed by atoms with Gasteiger partial charge in [0.15, 0.2) is 0 Å². The van der Waals surface area contributed by atoms with Crippen LogP contribution >= 0.6 is 0 Å². The van der Waals surface area contributed by atoms with Crippen LogP contribution in [-0.2, 0) is 0 Å². The number of fused-ring (bicyclic) bond motifs is 2. The maximum absolute atomic E-state index is 12.4. The Bertz CT molecular complexity index is 626. The molecule has 0 N–H and O–H groups in total. The topological polar surface area (TPSA) is 49.3 Å². The van der Waals surface area contributed by atoms with E-state index in [2.05, 4.69) is 9.97 Å². The smallest absolute Gasteiger partial charge is 0.263 e. The molecular formula is C13H12N4O. The zero-order chi connectivity index (χ0) is 12.7. The Hall–Kier alpha value is -2.43. The Balaban J connectivity index is 2.31. The van der Waals surface area contributed by atoms with E-state index in [9.17, 15) is 4.79 Å². The first kappa shape index (κ1) is 10.7. The second kappa shape index (κ2) is 3.80. The number of carbonyl (C=O) groups is 1. The molecule has 2 heterocycles. The van der Waals surface area contributed by atoms with Gasteiger partial charge in [0.25, 0.3) is 5.91 Å². The third-order valence-corrected chi connectivity index (χ3v) is 3.15. The van der Waals surface area contributed by atoms with Crippen LogP contribution in [0.1, 0.15) is 10.4 Å². The Kier molecular flexibility index (Phi) is 2.26. The Morgan fingerprint density at radius 2 is 1.72 bits per heavy atom. The molecule has 0 saturated heterocycles. The van der Waals surface area contributed by atoms with Gasteiger partial charge < -0.3 is 9.80 Å². The van der Waals surface area contributed by atoms with Crippen LogP contribution in [0.25, 0.3) is 0 Å². The molecule has 0 saturated carbocycles. The molecule has 3 rings (SSSR count). The lowest BCUT2D eigenvalue weighted by Crippen LogP contribution is -2.25. The van der Waals surface area contributed by atoms with Gasteiger partial charge in [0.05, 0.1) is 11.4 Å². The van der Waals surface area contributed by atoms with E-state index in [-0.39, 0.29) is 5.91 Å². The molecular weight excluding hydrogens is 228 g/mol. The summed E-state index contributed by atoms with van der Waals surface area (Å²) in [5.74, 6) is 0.536. The average Bonchev–Trinajstić information content (AvgIpc) is 2.51. The summed E-state index contributed by atoms with van der Waals surface area (Å²) < 4.78 is 0. The first-order valence-corrected chi connectivity index (χ1v) is 5.61. The molecule has 1 aliphatic rings. The van der Waals surface area contributed by atoms with E-state index >= 15 is 0 Å². The van der Waals surface area contributed by atoms with Crippen LogP contribution in [-0.4, -0.2) is 30.0 Å². The SMILES string of the molecule is CN1C(=O)c2cncnc2N(C)c2ccccc21. The summed E-state index contributed by atoms with van der Waals surface area (Å²) in [6.45, 7) is 0. The fourth-order valence-corrected chi connectivity index (χ4v) is 2.18. The van der Waals surface area contributed by atoms with Crippen molar-refractivity contribution in [2.24, 2.45) is 0 Å². The van der Waals surface area contributed by atoms with Crippen molar-refractivity contribution >= 4 is 23.1 Å². The zero-order valence-electron chi connectivity index (χ0n) is 10.2. The molecule has 2 aromatic rings. The van der Waals surface area contributed by atoms with E-state index < -0.39 is 0 Å². The standard InChI is InChI=1S/C13H12N4O/c1-16-10-5-3-4-6-11(10)17(2)13(18)9-7-14-8-15-12(9)16/h3-8H,1-2H3. The molecule has 0 atom stereocenters. The summed E-state index contributed by atoms with van der Waals surface area (Å²) in [6.07, 6.45) is 3.01. The summed E-state index contributed by atoms with van der Waals surface area (Å²) in [7, 11) is 3.66. The van der Waals surface area contributed by atoms with Gasteiger partial charge in [-0.2, -0.15) is 0 Å². The number of anilines is 3. The fourth-order valence-electron chi connectivity index (χ4n) is 2.18. The molecule has 0 aliphatic carbocycles. The number of hydrogen-bond acceptors (Lipinski definition) is 4. The van der Waals surface area contributed by atoms with Gasteiger partial charge in [0.1, 0.15) is 17.7 Å². The van der Waals surface area contributed by atoms with Crippen LogP contribution in [0.2, 0.25) is 0 Å². The van der Waals surface area contributed by atoms with E-state index in [0.29, 0.717) is 11.4 Å². The number of nitrogens with zero attached hydrogens (tertiary/aromatic N) is 4. The maximum atomic E-state index is 12.4. The molecule has 0 fully saturated rings. The Morgan fingerprint density at radius 1 is 1.06 bits per heavy atom. The molecule has 90 valence electrons. The van der Waals surface area contributed by atoms with Crippen molar-refractivity contribution in [1.82, 2.24) is 9.97 Å². The number of para-hydroxylation sites is 2. The Morgan fingerprint density at radius 3 is 2.44 bits per heavy atom. The number of carbonyl (C=O) groups excluding carboxylic acids is 1. The highest BCUT2D eigenvalue weighted by Crippen LogP contribution is 2.37. The van der Waals surface area contributed by atoms with E-state index in [0.717, 1.165) is 11.4 Å². The molecule has 1 aliphatic heterocycles. The summed E-state index contributed by atoms with van der Waals surface area (Å²) in [4.78, 5) is 24.0. The first-order valence-electron chi connectivity index (χ1n) is 5.61. The largest absolute Gasteiger partial charge is 0.327 e. The van der Waals surface area contributed by atoms with Gasteiger partial charge in [0.2, 0.25) is 0 Å². The highest BCUT2D eigenvalue weighted by molar-refractivity contribution is 6.12. The van der Waals surface area contributed by atoms with Gasteiger partial charge in [-0.15, -0.1) is 0 Å². The van der Waals surface area contributed by atoms with Gasteiger partial charge in [-0.1, -0.05) is 12.1 Å². The summed E-state index contributed by atoms with van der Waals surface area (Å²) >= 11 is 0. The lowest BCUT2D eigenvalue weighted by molar-refractivity contribution is 0.0993. The first-order chi connectivity index (χ1) is 8.70. The molecule has 5 heteroatoms. The highest BCUT2D eigenvalue weighted by Gasteiger charge is 2.27. The van der Waals surface area contributed by atoms with Crippen LogP contribution < -0.4 is 9.80 Å². The van der Waals surface area contributed by atoms with Crippen LogP contribution in [0.5, 0.6) is 0 Å². The minimum atomic E-state index is -0.0950. The Labute approximate surface area is 105 Å². The molecule has 0 unspecified atom stereocenters. The fraction of sp³-hybridized carbons (Fsp3) is 0.154. The van der Waals surface area contributed by atoms with Gasteiger partial charge in [-0.05, 0) is 12.1 Å². The molecule has 1 aromatic heterocycles. The normalized spacial score (nSPS) is 14.0. The monoisotopic (exact) mass is 240 g/mol. The van der Waals surface area contributed by atoms with Crippen molar-refractivity contribution in [2.75, 3.05) is 23.9 Å². The van der Waals surface area contributed by atoms with Crippen molar-refractivity contribution in [3.05, 3.63) is 42.4 Å². The van der Waals surface area contributed by atoms with Crippen LogP contribution in [0.4, 0.5) is 17.2 Å². The van der Waals surface area contributed by atoms with Crippen LogP contribution in [0, 0.1) is 0 Å². The van der Waals surface area contributed by atoms with Gasteiger partial charge >= 0.3 is 0 Å². The molecule has 18 heavy (non-hydrogen) atoms. The predicted molar refractivity (Wildman–Crippen MR) is 69.3 cm³/mol. The van der Waals surface area contributed by atoms with Crippen molar-refractivity contribution in [1.29, 1.82) is 0 Å². The third kappa shape index (κ3) is 1.37. The lowest BCUT2D eigenvalue weighted by Gasteiger charge is -2.20. The molecule has 1 amide bonds. The molecule has 1 aromatic carbocycles. The number of aromatic nitrogens is 2. The van der Waals surface area contributed by atoms with Crippen molar-refractivity contribution < 1.29 is 4.79 Å². The van der Waals surface area contributed by atoms with E-state index in [1.54, 1.807) is 18.1 Å². The number of hydrogen-bond donors (Lipinski definition) is 0. The maximum Gasteiger partial charge on any atom is 0.263 e. The van der Waals surface area contributed by atoms with Crippen LogP contribution in [0.3, 0.4) is 0 Å². The third-order valence-electron chi connectivity index (χ3n) is 3.15. The summed E-state index contributed by atoms with van der Waals surface area (Å²) in [5.41, 5.74) is 2.33. The number of amides is 1. The molecule has 0 bridgehead atoms. The summed E-state index contributed by atoms with van der Waals surface area (Å²) in [6, 6.07) is 7.75. The molecule has 5 nitrogen and oxygen atoms in total. The molecule has 0 radical (unpaired) electrons. The van der Waals surface area contributed by atoms with E-state index in [1.165, 1.54) is 6.33 Å². The quantitative estimate of drug-likeness (QED) is 0.705. The molecule has 0 spiro atoms. The highest BCUT2D eigenvalue weighted by atomic mass is 16.2.